The van der Waals surface area contributed by atoms with Crippen LogP contribution in [0.15, 0.2) is 65.0 Å². The lowest BCUT2D eigenvalue weighted by Gasteiger charge is -2.25. The maximum atomic E-state index is 13.5. The van der Waals surface area contributed by atoms with E-state index in [4.69, 9.17) is 11.4 Å². The third kappa shape index (κ3) is 4.75. The molecule has 8 nitrogen and oxygen atoms in total. The fourth-order valence-corrected chi connectivity index (χ4v) is 4.39. The van der Waals surface area contributed by atoms with E-state index in [-0.39, 0.29) is 18.1 Å². The van der Waals surface area contributed by atoms with Gasteiger partial charge in [0.1, 0.15) is 12.5 Å². The molecule has 182 valence electrons. The zero-order chi connectivity index (χ0) is 25.1. The van der Waals surface area contributed by atoms with Crippen molar-refractivity contribution in [1.82, 2.24) is 9.97 Å². The quantitative estimate of drug-likeness (QED) is 0.486. The molecule has 2 amide bonds. The molecule has 0 saturated heterocycles. The first kappa shape index (κ1) is 23.4. The predicted molar refractivity (Wildman–Crippen MR) is 138 cm³/mol. The second-order valence-electron chi connectivity index (χ2n) is 8.66. The molecule has 36 heavy (non-hydrogen) atoms. The molecule has 2 aliphatic heterocycles. The van der Waals surface area contributed by atoms with Crippen molar-refractivity contribution in [3.63, 3.8) is 0 Å². The number of halogens is 1. The Morgan fingerprint density at radius 2 is 1.97 bits per heavy atom. The molecule has 1 N–H and O–H groups in total. The van der Waals surface area contributed by atoms with Gasteiger partial charge in [0.05, 0.1) is 17.3 Å². The molecular weight excluding hydrogens is 457 g/mol. The van der Waals surface area contributed by atoms with Crippen LogP contribution in [0.2, 0.25) is 0 Å². The Hall–Kier alpha value is -4.32. The highest BCUT2D eigenvalue weighted by Crippen LogP contribution is 2.35. The molecular formula is C27H26FN7O. The smallest absolute Gasteiger partial charge is 0.328 e. The molecule has 9 heteroatoms. The first-order chi connectivity index (χ1) is 17.6. The lowest BCUT2D eigenvalue weighted by Crippen LogP contribution is -2.36. The average Bonchev–Trinajstić information content (AvgIpc) is 3.76. The van der Waals surface area contributed by atoms with E-state index in [0.717, 1.165) is 42.0 Å². The van der Waals surface area contributed by atoms with Crippen LogP contribution in [0.4, 0.5) is 26.5 Å². The summed E-state index contributed by atoms with van der Waals surface area (Å²) in [5.41, 5.74) is 4.00. The van der Waals surface area contributed by atoms with E-state index in [0.29, 0.717) is 23.7 Å². The van der Waals surface area contributed by atoms with Crippen LogP contribution in [0.3, 0.4) is 0 Å². The summed E-state index contributed by atoms with van der Waals surface area (Å²) in [6.07, 6.45) is 7.46. The van der Waals surface area contributed by atoms with Crippen LogP contribution < -0.4 is 15.1 Å². The van der Waals surface area contributed by atoms with E-state index in [1.165, 1.54) is 0 Å². The van der Waals surface area contributed by atoms with Crippen molar-refractivity contribution < 1.29 is 9.18 Å². The van der Waals surface area contributed by atoms with Gasteiger partial charge >= 0.3 is 6.03 Å². The van der Waals surface area contributed by atoms with Crippen molar-refractivity contribution in [2.75, 3.05) is 41.4 Å². The molecule has 0 fully saturated rings. The summed E-state index contributed by atoms with van der Waals surface area (Å²) in [4.78, 5) is 26.4. The summed E-state index contributed by atoms with van der Waals surface area (Å²) in [7, 11) is 0. The van der Waals surface area contributed by atoms with Gasteiger partial charge in [0.15, 0.2) is 12.0 Å². The van der Waals surface area contributed by atoms with Gasteiger partial charge in [-0.3, -0.25) is 14.6 Å². The van der Waals surface area contributed by atoms with E-state index in [2.05, 4.69) is 38.3 Å². The molecule has 0 radical (unpaired) electrons. The number of terminal acetylenes is 1. The maximum Gasteiger partial charge on any atom is 0.328 e. The Kier molecular flexibility index (Phi) is 6.58. The fraction of sp³-hybridized carbons (Fsp3) is 0.296. The van der Waals surface area contributed by atoms with Crippen molar-refractivity contribution in [2.24, 2.45) is 10.2 Å². The number of nitrogens with one attached hydrogen (secondary N) is 1. The van der Waals surface area contributed by atoms with Gasteiger partial charge in [-0.2, -0.15) is 10.2 Å². The Balaban J connectivity index is 1.44. The third-order valence-corrected chi connectivity index (χ3v) is 6.46. The van der Waals surface area contributed by atoms with Gasteiger partial charge in [-0.25, -0.2) is 14.8 Å². The number of hydrogen-bond donors (Lipinski definition) is 1. The van der Waals surface area contributed by atoms with Gasteiger partial charge in [-0.05, 0) is 43.2 Å². The van der Waals surface area contributed by atoms with Crippen molar-refractivity contribution in [3.05, 3.63) is 65.9 Å². The first-order valence-electron chi connectivity index (χ1n) is 11.9. The van der Waals surface area contributed by atoms with Crippen LogP contribution in [0, 0.1) is 12.3 Å². The Morgan fingerprint density at radius 3 is 2.61 bits per heavy atom. The highest BCUT2D eigenvalue weighted by Gasteiger charge is 2.30. The number of aromatic nitrogens is 2. The lowest BCUT2D eigenvalue weighted by atomic mass is 9.97. The molecule has 1 atom stereocenters. The van der Waals surface area contributed by atoms with Crippen LogP contribution in [-0.4, -0.2) is 48.5 Å². The number of amides is 2. The Bertz CT molecular complexity index is 1310. The van der Waals surface area contributed by atoms with Crippen LogP contribution in [0.25, 0.3) is 11.3 Å². The Labute approximate surface area is 209 Å². The number of hydrogen-bond acceptors (Lipinski definition) is 6. The number of nitrogens with zero attached hydrogens (tertiary/aromatic N) is 6. The molecule has 0 bridgehead atoms. The monoisotopic (exact) mass is 483 g/mol. The minimum Gasteiger partial charge on any atom is -0.369 e. The van der Waals surface area contributed by atoms with Crippen molar-refractivity contribution in [3.8, 4) is 23.6 Å². The summed E-state index contributed by atoms with van der Waals surface area (Å²) in [6.45, 7) is 3.71. The number of carbonyl (C=O) groups excluding carboxylic acids is 1. The highest BCUT2D eigenvalue weighted by molar-refractivity contribution is 6.03. The average molecular weight is 484 g/mol. The Morgan fingerprint density at radius 1 is 1.17 bits per heavy atom. The molecule has 3 aromatic rings. The zero-order valence-electron chi connectivity index (χ0n) is 19.9. The molecule has 2 aliphatic rings. The van der Waals surface area contributed by atoms with E-state index < -0.39 is 6.67 Å². The number of urea groups is 1. The largest absolute Gasteiger partial charge is 0.369 e. The lowest BCUT2D eigenvalue weighted by molar-refractivity contribution is 0.256. The van der Waals surface area contributed by atoms with Crippen LogP contribution in [0.1, 0.15) is 30.4 Å². The fourth-order valence-electron chi connectivity index (χ4n) is 4.39. The molecule has 0 saturated carbocycles. The number of fused-ring (bicyclic) bond motifs is 1. The van der Waals surface area contributed by atoms with Gasteiger partial charge in [0.25, 0.3) is 0 Å². The number of pyridine rings is 2. The van der Waals surface area contributed by atoms with E-state index in [1.54, 1.807) is 23.2 Å². The van der Waals surface area contributed by atoms with E-state index >= 15 is 0 Å². The van der Waals surface area contributed by atoms with Crippen molar-refractivity contribution >= 4 is 23.4 Å². The minimum absolute atomic E-state index is 0.282. The summed E-state index contributed by atoms with van der Waals surface area (Å²) >= 11 is 0. The molecule has 1 unspecified atom stereocenters. The second-order valence-corrected chi connectivity index (χ2v) is 8.66. The first-order valence-corrected chi connectivity index (χ1v) is 11.9. The van der Waals surface area contributed by atoms with Gasteiger partial charge in [0, 0.05) is 37.0 Å². The van der Waals surface area contributed by atoms with Gasteiger partial charge in [0.2, 0.25) is 0 Å². The summed E-state index contributed by atoms with van der Waals surface area (Å²) in [6, 6.07) is 14.7. The minimum atomic E-state index is -0.509. The van der Waals surface area contributed by atoms with Crippen LogP contribution in [0.5, 0.6) is 0 Å². The summed E-state index contributed by atoms with van der Waals surface area (Å²) in [5, 5.41) is 10.6. The highest BCUT2D eigenvalue weighted by atomic mass is 19.1. The van der Waals surface area contributed by atoms with Gasteiger partial charge in [-0.1, -0.05) is 30.2 Å². The molecule has 5 rings (SSSR count). The van der Waals surface area contributed by atoms with E-state index in [1.807, 2.05) is 36.4 Å². The molecule has 2 aromatic heterocycles. The second kappa shape index (κ2) is 10.1. The molecule has 0 aliphatic carbocycles. The molecule has 1 aromatic carbocycles. The van der Waals surface area contributed by atoms with Gasteiger partial charge in [-0.15, -0.1) is 6.42 Å². The SMILES string of the molecule is C#Cc1ccc(NC(=O)N2CCCN(CC)c3ccc(-c4ccc(C(CF)C5N=N5)cc4)nc32)nc1. The third-order valence-electron chi connectivity index (χ3n) is 6.46. The van der Waals surface area contributed by atoms with E-state index in [9.17, 15) is 9.18 Å². The number of anilines is 3. The number of benzene rings is 1. The van der Waals surface area contributed by atoms with Crippen molar-refractivity contribution in [2.45, 2.75) is 25.4 Å². The normalized spacial score (nSPS) is 15.6. The standard InChI is InChI=1S/C27H26FN7O/c1-3-18-6-13-24(29-17-18)31-27(36)35-15-5-14-34(4-2)23-12-11-22(30-26(23)35)20-9-7-19(8-10-20)21(16-28)25-32-33-25/h1,6-13,17,21,25H,4-5,14-16H2,2H3,(H,29,31,36). The number of rotatable bonds is 6. The van der Waals surface area contributed by atoms with Gasteiger partial charge < -0.3 is 4.90 Å². The maximum absolute atomic E-state index is 13.5. The molecule has 4 heterocycles. The zero-order valence-corrected chi connectivity index (χ0v) is 19.9. The topological polar surface area (TPSA) is 86.1 Å². The predicted octanol–water partition coefficient (Wildman–Crippen LogP) is 5.24. The number of carbonyl (C=O) groups is 1. The van der Waals surface area contributed by atoms with Crippen molar-refractivity contribution in [1.29, 1.82) is 0 Å². The van der Waals surface area contributed by atoms with Crippen LogP contribution in [-0.2, 0) is 0 Å². The molecule has 0 spiro atoms. The summed E-state index contributed by atoms with van der Waals surface area (Å²) in [5.74, 6) is 3.18. The van der Waals surface area contributed by atoms with Crippen LogP contribution >= 0.6 is 0 Å². The number of alkyl halides is 1. The summed E-state index contributed by atoms with van der Waals surface area (Å²) < 4.78 is 13.5.